The van der Waals surface area contributed by atoms with Crippen LogP contribution in [0.1, 0.15) is 43.8 Å². The summed E-state index contributed by atoms with van der Waals surface area (Å²) in [5.74, 6) is 0.610. The minimum absolute atomic E-state index is 0.0940. The van der Waals surface area contributed by atoms with Crippen molar-refractivity contribution in [2.24, 2.45) is 0 Å². The molecule has 0 aliphatic heterocycles. The molecule has 1 aromatic carbocycles. The lowest BCUT2D eigenvalue weighted by molar-refractivity contribution is 0.0491. The molecule has 0 fully saturated rings. The average Bonchev–Trinajstić information content (AvgIpc) is 2.76. The topological polar surface area (TPSA) is 48.7 Å². The Morgan fingerprint density at radius 1 is 1.26 bits per heavy atom. The fourth-order valence-corrected chi connectivity index (χ4v) is 3.20. The van der Waals surface area contributed by atoms with Gasteiger partial charge in [0, 0.05) is 5.56 Å². The molecule has 0 spiro atoms. The number of carbonyl (C=O) groups excluding carboxylic acids is 1. The molecule has 1 heterocycles. The Labute approximate surface area is 138 Å². The summed E-state index contributed by atoms with van der Waals surface area (Å²) < 4.78 is 17.2. The normalized spacial score (nSPS) is 12.5. The van der Waals surface area contributed by atoms with Crippen LogP contribution in [-0.2, 0) is 4.74 Å². The third-order valence-electron chi connectivity index (χ3n) is 4.55. The van der Waals surface area contributed by atoms with Gasteiger partial charge < -0.3 is 13.6 Å². The Hall–Kier alpha value is -1.75. The van der Waals surface area contributed by atoms with E-state index in [4.69, 9.17) is 13.6 Å². The van der Waals surface area contributed by atoms with Crippen LogP contribution >= 0.6 is 0 Å². The monoisotopic (exact) mass is 334 g/mol. The molecule has 0 unspecified atom stereocenters. The molecule has 0 radical (unpaired) electrons. The first-order chi connectivity index (χ1) is 10.6. The first kappa shape index (κ1) is 17.6. The van der Waals surface area contributed by atoms with E-state index >= 15 is 0 Å². The van der Waals surface area contributed by atoms with Crippen molar-refractivity contribution in [3.8, 4) is 5.75 Å². The molecular formula is C18H26O4Si. The Kier molecular flexibility index (Phi) is 4.62. The highest BCUT2D eigenvalue weighted by molar-refractivity contribution is 6.74. The predicted molar refractivity (Wildman–Crippen MR) is 94.7 cm³/mol. The molecule has 5 heteroatoms. The minimum atomic E-state index is -1.98. The summed E-state index contributed by atoms with van der Waals surface area (Å²) in [7, 11) is -1.98. The van der Waals surface area contributed by atoms with Gasteiger partial charge in [-0.3, -0.25) is 0 Å². The highest BCUT2D eigenvalue weighted by atomic mass is 28.4. The van der Waals surface area contributed by atoms with Crippen molar-refractivity contribution in [3.05, 3.63) is 29.5 Å². The number of esters is 1. The molecule has 0 saturated carbocycles. The number of hydrogen-bond donors (Lipinski definition) is 0. The molecule has 23 heavy (non-hydrogen) atoms. The van der Waals surface area contributed by atoms with Crippen molar-refractivity contribution in [2.45, 2.75) is 52.8 Å². The molecule has 0 bridgehead atoms. The SMILES string of the molecule is CCOC(=O)c1oc2cccc(O[Si](C)(C)C(C)(C)C)c2c1C. The van der Waals surface area contributed by atoms with Crippen molar-refractivity contribution in [3.63, 3.8) is 0 Å². The van der Waals surface area contributed by atoms with Crippen molar-refractivity contribution >= 4 is 25.3 Å². The second-order valence-electron chi connectivity index (χ2n) is 7.27. The van der Waals surface area contributed by atoms with Gasteiger partial charge in [-0.05, 0) is 44.1 Å². The maximum Gasteiger partial charge on any atom is 0.374 e. The summed E-state index contributed by atoms with van der Waals surface area (Å²) in [5.41, 5.74) is 1.43. The van der Waals surface area contributed by atoms with Gasteiger partial charge in [0.05, 0.1) is 12.0 Å². The maximum atomic E-state index is 12.0. The lowest BCUT2D eigenvalue weighted by atomic mass is 10.1. The van der Waals surface area contributed by atoms with Crippen molar-refractivity contribution in [1.82, 2.24) is 0 Å². The zero-order chi connectivity index (χ0) is 17.4. The maximum absolute atomic E-state index is 12.0. The van der Waals surface area contributed by atoms with Crippen molar-refractivity contribution in [1.29, 1.82) is 0 Å². The largest absolute Gasteiger partial charge is 0.543 e. The fraction of sp³-hybridized carbons (Fsp3) is 0.500. The molecular weight excluding hydrogens is 308 g/mol. The molecule has 0 saturated heterocycles. The molecule has 2 rings (SSSR count). The molecule has 0 atom stereocenters. The van der Waals surface area contributed by atoms with Crippen molar-refractivity contribution in [2.75, 3.05) is 6.61 Å². The van der Waals surface area contributed by atoms with E-state index in [9.17, 15) is 4.79 Å². The molecule has 0 aliphatic rings. The Bertz CT molecular complexity index is 722. The average molecular weight is 334 g/mol. The summed E-state index contributed by atoms with van der Waals surface area (Å²) in [6.45, 7) is 15.0. The van der Waals surface area contributed by atoms with E-state index in [-0.39, 0.29) is 10.8 Å². The van der Waals surface area contributed by atoms with Crippen LogP contribution in [0, 0.1) is 6.92 Å². The summed E-state index contributed by atoms with van der Waals surface area (Å²) in [6.07, 6.45) is 0. The lowest BCUT2D eigenvalue weighted by Crippen LogP contribution is -2.43. The number of furan rings is 1. The summed E-state index contributed by atoms with van der Waals surface area (Å²) in [5, 5.41) is 0.955. The van der Waals surface area contributed by atoms with Crippen LogP contribution < -0.4 is 4.43 Å². The van der Waals surface area contributed by atoms with E-state index in [1.165, 1.54) is 0 Å². The van der Waals surface area contributed by atoms with Gasteiger partial charge in [-0.15, -0.1) is 0 Å². The van der Waals surface area contributed by atoms with Gasteiger partial charge in [-0.2, -0.15) is 0 Å². The first-order valence-electron chi connectivity index (χ1n) is 7.96. The smallest absolute Gasteiger partial charge is 0.374 e. The Morgan fingerprint density at radius 2 is 1.91 bits per heavy atom. The second kappa shape index (κ2) is 6.04. The van der Waals surface area contributed by atoms with E-state index in [0.29, 0.717) is 12.2 Å². The number of fused-ring (bicyclic) bond motifs is 1. The van der Waals surface area contributed by atoms with Crippen LogP contribution in [0.15, 0.2) is 22.6 Å². The molecule has 2 aromatic rings. The van der Waals surface area contributed by atoms with Gasteiger partial charge in [-0.1, -0.05) is 26.8 Å². The van der Waals surface area contributed by atoms with Gasteiger partial charge in [-0.25, -0.2) is 4.79 Å². The fourth-order valence-electron chi connectivity index (χ4n) is 2.17. The minimum Gasteiger partial charge on any atom is -0.543 e. The number of rotatable bonds is 4. The van der Waals surface area contributed by atoms with E-state index < -0.39 is 14.3 Å². The van der Waals surface area contributed by atoms with Gasteiger partial charge in [0.15, 0.2) is 0 Å². The van der Waals surface area contributed by atoms with Crippen molar-refractivity contribution < 1.29 is 18.4 Å². The Morgan fingerprint density at radius 3 is 2.48 bits per heavy atom. The van der Waals surface area contributed by atoms with Crippen LogP contribution in [-0.4, -0.2) is 20.9 Å². The molecule has 0 amide bonds. The lowest BCUT2D eigenvalue weighted by Gasteiger charge is -2.36. The van der Waals surface area contributed by atoms with Crippen LogP contribution in [0.4, 0.5) is 0 Å². The van der Waals surface area contributed by atoms with E-state index in [1.807, 2.05) is 25.1 Å². The van der Waals surface area contributed by atoms with Crippen LogP contribution in [0.3, 0.4) is 0 Å². The van der Waals surface area contributed by atoms with Gasteiger partial charge >= 0.3 is 5.97 Å². The molecule has 0 N–H and O–H groups in total. The number of ether oxygens (including phenoxy) is 1. The third kappa shape index (κ3) is 3.29. The summed E-state index contributed by atoms with van der Waals surface area (Å²) >= 11 is 0. The summed E-state index contributed by atoms with van der Waals surface area (Å²) in [6, 6.07) is 5.69. The highest BCUT2D eigenvalue weighted by Gasteiger charge is 2.39. The van der Waals surface area contributed by atoms with E-state index in [1.54, 1.807) is 6.92 Å². The molecule has 126 valence electrons. The number of hydrogen-bond acceptors (Lipinski definition) is 4. The second-order valence-corrected chi connectivity index (χ2v) is 12.0. The highest BCUT2D eigenvalue weighted by Crippen LogP contribution is 2.41. The van der Waals surface area contributed by atoms with Gasteiger partial charge in [0.2, 0.25) is 5.76 Å². The van der Waals surface area contributed by atoms with E-state index in [0.717, 1.165) is 16.7 Å². The van der Waals surface area contributed by atoms with Crippen LogP contribution in [0.25, 0.3) is 11.0 Å². The van der Waals surface area contributed by atoms with Crippen LogP contribution in [0.5, 0.6) is 5.75 Å². The Balaban J connectivity index is 2.53. The first-order valence-corrected chi connectivity index (χ1v) is 10.9. The molecule has 4 nitrogen and oxygen atoms in total. The van der Waals surface area contributed by atoms with E-state index in [2.05, 4.69) is 33.9 Å². The zero-order valence-electron chi connectivity index (χ0n) is 15.1. The quantitative estimate of drug-likeness (QED) is 0.562. The number of benzene rings is 1. The molecule has 0 aliphatic carbocycles. The van der Waals surface area contributed by atoms with Crippen LogP contribution in [0.2, 0.25) is 18.1 Å². The molecule has 1 aromatic heterocycles. The standard InChI is InChI=1S/C18H26O4Si/c1-8-20-17(19)16-12(2)15-13(21-16)10-9-11-14(15)22-23(6,7)18(3,4)5/h9-11H,8H2,1-7H3. The number of aryl methyl sites for hydroxylation is 1. The van der Waals surface area contributed by atoms with Gasteiger partial charge in [0.25, 0.3) is 8.32 Å². The number of carbonyl (C=O) groups is 1. The zero-order valence-corrected chi connectivity index (χ0v) is 16.1. The predicted octanol–water partition coefficient (Wildman–Crippen LogP) is 5.30. The summed E-state index contributed by atoms with van der Waals surface area (Å²) in [4.78, 5) is 12.0. The third-order valence-corrected chi connectivity index (χ3v) is 8.89. The van der Waals surface area contributed by atoms with Gasteiger partial charge in [0.1, 0.15) is 11.3 Å².